The second-order valence-electron chi connectivity index (χ2n) is 8.45. The number of methoxy groups -OCH3 is 1. The van der Waals surface area contributed by atoms with E-state index in [4.69, 9.17) is 32.7 Å². The fourth-order valence-electron chi connectivity index (χ4n) is 4.69. The largest absolute Gasteiger partial charge is 0.486 e. The van der Waals surface area contributed by atoms with Crippen LogP contribution in [-0.4, -0.2) is 18.9 Å². The first-order valence-electron chi connectivity index (χ1n) is 11.1. The third-order valence-corrected chi connectivity index (χ3v) is 6.90. The number of Topliss-reactive ketones (excluding diaryl/α,β-unsaturated/α-hetero) is 1. The molecule has 1 aliphatic carbocycles. The Labute approximate surface area is 217 Å². The maximum atomic E-state index is 14.0. The average Bonchev–Trinajstić information content (AvgIpc) is 3.14. The number of nitrogens with one attached hydrogen (secondary N) is 1. The van der Waals surface area contributed by atoms with Crippen LogP contribution in [0.25, 0.3) is 5.70 Å². The Bertz CT molecular complexity index is 1470. The van der Waals surface area contributed by atoms with Crippen molar-refractivity contribution in [3.63, 3.8) is 0 Å². The van der Waals surface area contributed by atoms with Crippen molar-refractivity contribution >= 4 is 40.7 Å². The van der Waals surface area contributed by atoms with Crippen molar-refractivity contribution in [2.75, 3.05) is 7.11 Å². The summed E-state index contributed by atoms with van der Waals surface area (Å²) in [7, 11) is 1.29. The van der Waals surface area contributed by atoms with Gasteiger partial charge in [0, 0.05) is 33.9 Å². The van der Waals surface area contributed by atoms with Gasteiger partial charge in [-0.05, 0) is 30.7 Å². The number of benzene rings is 3. The molecule has 5 rings (SSSR count). The molecule has 0 aromatic heterocycles. The zero-order valence-electron chi connectivity index (χ0n) is 19.3. The normalized spacial score (nSPS) is 16.5. The van der Waals surface area contributed by atoms with E-state index in [1.165, 1.54) is 13.2 Å². The van der Waals surface area contributed by atoms with Crippen molar-refractivity contribution in [3.05, 3.63) is 116 Å². The van der Waals surface area contributed by atoms with Crippen LogP contribution in [0.2, 0.25) is 10.0 Å². The highest BCUT2D eigenvalue weighted by molar-refractivity contribution is 6.37. The fourth-order valence-corrected chi connectivity index (χ4v) is 5.31. The van der Waals surface area contributed by atoms with E-state index in [1.807, 2.05) is 12.1 Å². The van der Waals surface area contributed by atoms with Gasteiger partial charge in [0.25, 0.3) is 0 Å². The number of dihydropyridines is 1. The van der Waals surface area contributed by atoms with Gasteiger partial charge in [-0.3, -0.25) is 4.79 Å². The van der Waals surface area contributed by atoms with Crippen molar-refractivity contribution in [1.29, 1.82) is 0 Å². The number of hydrogen-bond donors (Lipinski definition) is 1. The van der Waals surface area contributed by atoms with E-state index in [9.17, 15) is 14.0 Å². The summed E-state index contributed by atoms with van der Waals surface area (Å²) >= 11 is 13.1. The molecule has 8 heteroatoms. The summed E-state index contributed by atoms with van der Waals surface area (Å²) in [4.78, 5) is 26.4. The van der Waals surface area contributed by atoms with E-state index in [0.29, 0.717) is 33.7 Å². The minimum Gasteiger partial charge on any atom is -0.486 e. The van der Waals surface area contributed by atoms with E-state index in [-0.39, 0.29) is 33.8 Å². The summed E-state index contributed by atoms with van der Waals surface area (Å²) < 4.78 is 24.8. The van der Waals surface area contributed by atoms with Gasteiger partial charge in [0.15, 0.2) is 11.5 Å². The molecule has 0 bridgehead atoms. The van der Waals surface area contributed by atoms with Crippen LogP contribution in [0.4, 0.5) is 4.39 Å². The number of esters is 1. The minimum atomic E-state index is -0.774. The van der Waals surface area contributed by atoms with Gasteiger partial charge in [-0.15, -0.1) is 0 Å². The number of halogens is 3. The Balaban J connectivity index is 1.59. The lowest BCUT2D eigenvalue weighted by Crippen LogP contribution is -2.29. The lowest BCUT2D eigenvalue weighted by atomic mass is 9.80. The number of hydrogen-bond acceptors (Lipinski definition) is 5. The maximum absolute atomic E-state index is 14.0. The molecule has 0 unspecified atom stereocenters. The zero-order chi connectivity index (χ0) is 25.6. The van der Waals surface area contributed by atoms with Crippen LogP contribution in [0.5, 0.6) is 5.75 Å². The van der Waals surface area contributed by atoms with Crippen molar-refractivity contribution in [2.45, 2.75) is 19.4 Å². The van der Waals surface area contributed by atoms with Crippen LogP contribution < -0.4 is 10.1 Å². The van der Waals surface area contributed by atoms with Gasteiger partial charge in [0.1, 0.15) is 12.4 Å². The van der Waals surface area contributed by atoms with Crippen LogP contribution in [0.1, 0.15) is 39.9 Å². The molecule has 3 aromatic carbocycles. The molecule has 0 saturated heterocycles. The molecule has 3 aromatic rings. The highest BCUT2D eigenvalue weighted by Gasteiger charge is 2.43. The van der Waals surface area contributed by atoms with Crippen molar-refractivity contribution in [1.82, 2.24) is 5.32 Å². The number of allylic oxidation sites excluding steroid dienone is 2. The summed E-state index contributed by atoms with van der Waals surface area (Å²) in [5, 5.41) is 3.56. The van der Waals surface area contributed by atoms with Crippen molar-refractivity contribution < 1.29 is 23.5 Å². The molecule has 0 spiro atoms. The molecule has 1 aliphatic heterocycles. The summed E-state index contributed by atoms with van der Waals surface area (Å²) in [6, 6.07) is 16.7. The number of carbonyl (C=O) groups excluding carboxylic acids is 2. The quantitative estimate of drug-likeness (QED) is 0.389. The number of ketones is 1. The van der Waals surface area contributed by atoms with E-state index in [1.54, 1.807) is 49.4 Å². The molecule has 0 saturated carbocycles. The monoisotopic (exact) mass is 523 g/mol. The minimum absolute atomic E-state index is 0.0751. The Morgan fingerprint density at radius 1 is 1.03 bits per heavy atom. The summed E-state index contributed by atoms with van der Waals surface area (Å²) in [5.41, 5.74) is 4.06. The molecule has 0 fully saturated rings. The molecule has 0 amide bonds. The second-order valence-corrected chi connectivity index (χ2v) is 9.26. The first-order chi connectivity index (χ1) is 17.3. The molecule has 36 heavy (non-hydrogen) atoms. The Kier molecular flexibility index (Phi) is 6.33. The Morgan fingerprint density at radius 2 is 1.67 bits per heavy atom. The highest BCUT2D eigenvalue weighted by atomic mass is 35.5. The van der Waals surface area contributed by atoms with E-state index < -0.39 is 17.7 Å². The van der Waals surface area contributed by atoms with E-state index in [0.717, 1.165) is 5.56 Å². The van der Waals surface area contributed by atoms with Gasteiger partial charge >= 0.3 is 5.97 Å². The van der Waals surface area contributed by atoms with Crippen LogP contribution in [0.15, 0.2) is 77.5 Å². The van der Waals surface area contributed by atoms with Gasteiger partial charge < -0.3 is 14.8 Å². The molecule has 5 nitrogen and oxygen atoms in total. The molecular weight excluding hydrogens is 504 g/mol. The second kappa shape index (κ2) is 9.45. The maximum Gasteiger partial charge on any atom is 0.336 e. The topological polar surface area (TPSA) is 64.6 Å². The Hall–Kier alpha value is -3.61. The average molecular weight is 524 g/mol. The number of carbonyl (C=O) groups is 2. The highest BCUT2D eigenvalue weighted by Crippen LogP contribution is 2.48. The summed E-state index contributed by atoms with van der Waals surface area (Å²) in [6.45, 7) is 1.68. The SMILES string of the molecule is COC(=O)C1=C(C)NC2=C(C(=O)c3ccccc32)[C@H]1c1cc(Cl)c(OCc2ccccc2F)c(Cl)c1. The first-order valence-corrected chi connectivity index (χ1v) is 11.9. The summed E-state index contributed by atoms with van der Waals surface area (Å²) in [5.74, 6) is -1.77. The lowest BCUT2D eigenvalue weighted by Gasteiger charge is -2.29. The van der Waals surface area contributed by atoms with E-state index in [2.05, 4.69) is 5.32 Å². The Morgan fingerprint density at radius 3 is 2.33 bits per heavy atom. The first kappa shape index (κ1) is 24.1. The van der Waals surface area contributed by atoms with Crippen LogP contribution in [0, 0.1) is 5.82 Å². The van der Waals surface area contributed by atoms with Crippen LogP contribution >= 0.6 is 23.2 Å². The molecule has 1 heterocycles. The molecule has 1 atom stereocenters. The molecule has 2 aliphatic rings. The van der Waals surface area contributed by atoms with Crippen molar-refractivity contribution in [3.8, 4) is 5.75 Å². The van der Waals surface area contributed by atoms with Gasteiger partial charge in [-0.1, -0.05) is 65.7 Å². The predicted octanol–water partition coefficient (Wildman–Crippen LogP) is 6.45. The molecule has 1 N–H and O–H groups in total. The fraction of sp³-hybridized carbons (Fsp3) is 0.143. The van der Waals surface area contributed by atoms with Crippen LogP contribution in [0.3, 0.4) is 0 Å². The molecule has 0 radical (unpaired) electrons. The van der Waals surface area contributed by atoms with Crippen LogP contribution in [-0.2, 0) is 16.1 Å². The van der Waals surface area contributed by atoms with Gasteiger partial charge in [-0.25, -0.2) is 9.18 Å². The number of fused-ring (bicyclic) bond motifs is 2. The summed E-state index contributed by atoms with van der Waals surface area (Å²) in [6.07, 6.45) is 0. The molecule has 182 valence electrons. The standard InChI is InChI=1S/C28H20Cl2FNO4/c1-14-22(28(34)35-2)23(24-25(32-14)17-8-4-5-9-18(17)26(24)33)16-11-19(29)27(20(30)12-16)36-13-15-7-3-6-10-21(15)31/h3-12,23,32H,13H2,1-2H3/t23-/m0/s1. The predicted molar refractivity (Wildman–Crippen MR) is 135 cm³/mol. The smallest absolute Gasteiger partial charge is 0.336 e. The third kappa shape index (κ3) is 3.96. The lowest BCUT2D eigenvalue weighted by molar-refractivity contribution is -0.136. The molecular formula is C28H20Cl2FNO4. The van der Waals surface area contributed by atoms with Crippen molar-refractivity contribution in [2.24, 2.45) is 0 Å². The van der Waals surface area contributed by atoms with E-state index >= 15 is 0 Å². The number of rotatable bonds is 5. The van der Waals surface area contributed by atoms with Gasteiger partial charge in [-0.2, -0.15) is 0 Å². The third-order valence-electron chi connectivity index (χ3n) is 6.34. The zero-order valence-corrected chi connectivity index (χ0v) is 20.8. The van der Waals surface area contributed by atoms with Gasteiger partial charge in [0.05, 0.1) is 28.4 Å². The number of ether oxygens (including phenoxy) is 2. The van der Waals surface area contributed by atoms with Gasteiger partial charge in [0.2, 0.25) is 0 Å².